The Kier molecular flexibility index (Phi) is 5.37. The average Bonchev–Trinajstić information content (AvgIpc) is 3.16. The number of halogens is 1. The number of nitrogens with two attached hydrogens (primary N) is 1. The number of amides is 2. The molecule has 8 nitrogen and oxygen atoms in total. The van der Waals surface area contributed by atoms with Gasteiger partial charge in [0.15, 0.2) is 5.82 Å². The van der Waals surface area contributed by atoms with E-state index in [1.165, 1.54) is 0 Å². The Labute approximate surface area is 167 Å². The van der Waals surface area contributed by atoms with Gasteiger partial charge in [0.25, 0.3) is 0 Å². The van der Waals surface area contributed by atoms with E-state index < -0.39 is 5.82 Å². The topological polar surface area (TPSA) is 114 Å². The van der Waals surface area contributed by atoms with E-state index in [0.717, 1.165) is 38.3 Å². The number of hydrogen-bond acceptors (Lipinski definition) is 6. The van der Waals surface area contributed by atoms with Gasteiger partial charge in [-0.05, 0) is 44.2 Å². The van der Waals surface area contributed by atoms with Gasteiger partial charge in [-0.1, -0.05) is 0 Å². The molecule has 1 saturated heterocycles. The molecule has 0 radical (unpaired) electrons. The zero-order valence-corrected chi connectivity index (χ0v) is 16.0. The summed E-state index contributed by atoms with van der Waals surface area (Å²) in [6.07, 6.45) is 6.98. The first-order chi connectivity index (χ1) is 14.0. The van der Waals surface area contributed by atoms with Crippen LogP contribution in [0.3, 0.4) is 0 Å². The number of anilines is 2. The summed E-state index contributed by atoms with van der Waals surface area (Å²) in [4.78, 5) is 37.6. The van der Waals surface area contributed by atoms with E-state index >= 15 is 0 Å². The zero-order valence-electron chi connectivity index (χ0n) is 16.0. The van der Waals surface area contributed by atoms with E-state index in [4.69, 9.17) is 5.73 Å². The van der Waals surface area contributed by atoms with Gasteiger partial charge >= 0.3 is 0 Å². The van der Waals surface area contributed by atoms with Crippen LogP contribution in [0, 0.1) is 11.7 Å². The Morgan fingerprint density at radius 1 is 1.24 bits per heavy atom. The SMILES string of the molecule is NC(=O)[C@H]1CC[C@H](Nc2ncc(F)c(-c3ccnc(N4CCCC4=O)c3)n2)CC1. The van der Waals surface area contributed by atoms with E-state index in [2.05, 4.69) is 20.3 Å². The molecule has 2 amide bonds. The van der Waals surface area contributed by atoms with Crippen molar-refractivity contribution in [2.75, 3.05) is 16.8 Å². The van der Waals surface area contributed by atoms with Crippen LogP contribution in [0.2, 0.25) is 0 Å². The number of hydrogen-bond donors (Lipinski definition) is 2. The number of pyridine rings is 1. The highest BCUT2D eigenvalue weighted by atomic mass is 19.1. The molecule has 3 N–H and O–H groups in total. The van der Waals surface area contributed by atoms with Crippen molar-refractivity contribution < 1.29 is 14.0 Å². The van der Waals surface area contributed by atoms with Crippen molar-refractivity contribution in [2.45, 2.75) is 44.6 Å². The van der Waals surface area contributed by atoms with Gasteiger partial charge in [-0.15, -0.1) is 0 Å². The van der Waals surface area contributed by atoms with Gasteiger partial charge in [-0.25, -0.2) is 19.3 Å². The van der Waals surface area contributed by atoms with Gasteiger partial charge in [-0.2, -0.15) is 0 Å². The number of nitrogens with zero attached hydrogens (tertiary/aromatic N) is 4. The number of aromatic nitrogens is 3. The molecule has 2 aromatic heterocycles. The van der Waals surface area contributed by atoms with Crippen molar-refractivity contribution in [3.8, 4) is 11.3 Å². The minimum Gasteiger partial charge on any atom is -0.369 e. The summed E-state index contributed by atoms with van der Waals surface area (Å²) in [5.74, 6) is -0.0264. The summed E-state index contributed by atoms with van der Waals surface area (Å²) in [6.45, 7) is 0.613. The molecule has 29 heavy (non-hydrogen) atoms. The fraction of sp³-hybridized carbons (Fsp3) is 0.450. The summed E-state index contributed by atoms with van der Waals surface area (Å²) in [5, 5.41) is 3.23. The van der Waals surface area contributed by atoms with Crippen LogP contribution in [0.5, 0.6) is 0 Å². The third-order valence-electron chi connectivity index (χ3n) is 5.58. The molecule has 0 spiro atoms. The quantitative estimate of drug-likeness (QED) is 0.799. The monoisotopic (exact) mass is 398 g/mol. The molecule has 2 fully saturated rings. The largest absolute Gasteiger partial charge is 0.369 e. The number of carbonyl (C=O) groups is 2. The van der Waals surface area contributed by atoms with Crippen LogP contribution in [-0.2, 0) is 9.59 Å². The van der Waals surface area contributed by atoms with Crippen LogP contribution in [0.25, 0.3) is 11.3 Å². The highest BCUT2D eigenvalue weighted by Gasteiger charge is 2.26. The molecule has 3 heterocycles. The lowest BCUT2D eigenvalue weighted by molar-refractivity contribution is -0.122. The van der Waals surface area contributed by atoms with Crippen LogP contribution in [0.1, 0.15) is 38.5 Å². The van der Waals surface area contributed by atoms with Crippen molar-refractivity contribution >= 4 is 23.6 Å². The fourth-order valence-corrected chi connectivity index (χ4v) is 3.95. The fourth-order valence-electron chi connectivity index (χ4n) is 3.95. The van der Waals surface area contributed by atoms with E-state index in [1.54, 1.807) is 23.2 Å². The van der Waals surface area contributed by atoms with E-state index in [0.29, 0.717) is 30.3 Å². The van der Waals surface area contributed by atoms with Gasteiger partial charge in [0.05, 0.1) is 6.20 Å². The van der Waals surface area contributed by atoms with Crippen molar-refractivity contribution in [1.29, 1.82) is 0 Å². The first-order valence-electron chi connectivity index (χ1n) is 9.86. The molecular weight excluding hydrogens is 375 g/mol. The third kappa shape index (κ3) is 4.18. The molecule has 1 aliphatic heterocycles. The van der Waals surface area contributed by atoms with Crippen molar-refractivity contribution in [2.24, 2.45) is 11.7 Å². The van der Waals surface area contributed by atoms with Crippen LogP contribution in [-0.4, -0.2) is 39.4 Å². The maximum absolute atomic E-state index is 14.5. The standard InChI is InChI=1S/C20H23FN6O2/c21-15-11-24-20(25-14-5-3-12(4-6-14)19(22)29)26-18(15)13-7-8-23-16(10-13)27-9-1-2-17(27)28/h7-8,10-12,14H,1-6,9H2,(H2,22,29)(H,24,25,26)/t12-,14-. The minimum atomic E-state index is -0.544. The molecule has 1 saturated carbocycles. The van der Waals surface area contributed by atoms with Gasteiger partial charge < -0.3 is 11.1 Å². The Morgan fingerprint density at radius 3 is 2.72 bits per heavy atom. The lowest BCUT2D eigenvalue weighted by Crippen LogP contribution is -2.32. The second-order valence-corrected chi connectivity index (χ2v) is 7.54. The molecule has 0 aromatic carbocycles. The molecule has 2 aromatic rings. The Bertz CT molecular complexity index is 929. The van der Waals surface area contributed by atoms with Crippen LogP contribution in [0.4, 0.5) is 16.2 Å². The molecule has 4 rings (SSSR count). The van der Waals surface area contributed by atoms with Crippen LogP contribution >= 0.6 is 0 Å². The molecule has 0 atom stereocenters. The Morgan fingerprint density at radius 2 is 2.03 bits per heavy atom. The first kappa shape index (κ1) is 19.2. The van der Waals surface area contributed by atoms with Crippen molar-refractivity contribution in [3.63, 3.8) is 0 Å². The highest BCUT2D eigenvalue weighted by Crippen LogP contribution is 2.28. The normalized spacial score (nSPS) is 22.0. The van der Waals surface area contributed by atoms with Gasteiger partial charge in [-0.3, -0.25) is 14.5 Å². The molecule has 152 valence electrons. The summed E-state index contributed by atoms with van der Waals surface area (Å²) in [5.41, 5.74) is 6.07. The van der Waals surface area contributed by atoms with Gasteiger partial charge in [0.1, 0.15) is 11.5 Å². The predicted octanol–water partition coefficient (Wildman–Crippen LogP) is 2.26. The molecule has 0 bridgehead atoms. The highest BCUT2D eigenvalue weighted by molar-refractivity contribution is 5.94. The second-order valence-electron chi connectivity index (χ2n) is 7.54. The molecule has 1 aliphatic carbocycles. The average molecular weight is 398 g/mol. The predicted molar refractivity (Wildman–Crippen MR) is 105 cm³/mol. The molecule has 0 unspecified atom stereocenters. The molecule has 2 aliphatic rings. The first-order valence-corrected chi connectivity index (χ1v) is 9.86. The second kappa shape index (κ2) is 8.10. The van der Waals surface area contributed by atoms with E-state index in [9.17, 15) is 14.0 Å². The van der Waals surface area contributed by atoms with Crippen LogP contribution in [0.15, 0.2) is 24.5 Å². The number of primary amides is 1. The summed E-state index contributed by atoms with van der Waals surface area (Å²) in [7, 11) is 0. The zero-order chi connectivity index (χ0) is 20.4. The van der Waals surface area contributed by atoms with Gasteiger partial charge in [0.2, 0.25) is 17.8 Å². The smallest absolute Gasteiger partial charge is 0.228 e. The summed E-state index contributed by atoms with van der Waals surface area (Å²) >= 11 is 0. The minimum absolute atomic E-state index is 0.0201. The van der Waals surface area contributed by atoms with Gasteiger partial charge in [0, 0.05) is 36.7 Å². The maximum atomic E-state index is 14.5. The molecule has 9 heteroatoms. The van der Waals surface area contributed by atoms with Crippen LogP contribution < -0.4 is 16.0 Å². The Balaban J connectivity index is 1.52. The Hall–Kier alpha value is -3.10. The van der Waals surface area contributed by atoms with Crippen molar-refractivity contribution in [3.05, 3.63) is 30.3 Å². The third-order valence-corrected chi connectivity index (χ3v) is 5.58. The lowest BCUT2D eigenvalue weighted by atomic mass is 9.86. The van der Waals surface area contributed by atoms with E-state index in [1.807, 2.05) is 0 Å². The van der Waals surface area contributed by atoms with E-state index in [-0.39, 0.29) is 29.5 Å². The number of rotatable bonds is 5. The summed E-state index contributed by atoms with van der Waals surface area (Å²) < 4.78 is 14.5. The maximum Gasteiger partial charge on any atom is 0.228 e. The number of carbonyl (C=O) groups excluding carboxylic acids is 2. The van der Waals surface area contributed by atoms with Crippen molar-refractivity contribution in [1.82, 2.24) is 15.0 Å². The number of nitrogens with one attached hydrogen (secondary N) is 1. The molecular formula is C20H23FN6O2. The lowest BCUT2D eigenvalue weighted by Gasteiger charge is -2.27. The summed E-state index contributed by atoms with van der Waals surface area (Å²) in [6, 6.07) is 3.45.